The number of carbonyl (C=O) groups excluding carboxylic acids is 2. The quantitative estimate of drug-likeness (QED) is 0.841. The van der Waals surface area contributed by atoms with Crippen molar-refractivity contribution in [3.63, 3.8) is 0 Å². The minimum atomic E-state index is -0.383. The van der Waals surface area contributed by atoms with E-state index in [2.05, 4.69) is 10.6 Å². The van der Waals surface area contributed by atoms with E-state index < -0.39 is 0 Å². The second-order valence-electron chi connectivity index (χ2n) is 6.38. The minimum absolute atomic E-state index is 0.0666. The van der Waals surface area contributed by atoms with Crippen LogP contribution in [0.15, 0.2) is 24.3 Å². The Morgan fingerprint density at radius 3 is 2.62 bits per heavy atom. The van der Waals surface area contributed by atoms with Crippen LogP contribution in [0.5, 0.6) is 5.75 Å². The van der Waals surface area contributed by atoms with Crippen molar-refractivity contribution in [2.24, 2.45) is 5.92 Å². The molecule has 2 rings (SSSR count). The third kappa shape index (κ3) is 4.88. The lowest BCUT2D eigenvalue weighted by molar-refractivity contribution is -0.124. The predicted octanol–water partition coefficient (Wildman–Crippen LogP) is 2.85. The molecule has 0 bridgehead atoms. The molecule has 0 spiro atoms. The molecule has 1 fully saturated rings. The molecule has 1 unspecified atom stereocenters. The number of anilines is 1. The van der Waals surface area contributed by atoms with Crippen molar-refractivity contribution in [3.8, 4) is 5.75 Å². The van der Waals surface area contributed by atoms with Crippen molar-refractivity contribution >= 4 is 17.6 Å². The van der Waals surface area contributed by atoms with Crippen molar-refractivity contribution in [1.82, 2.24) is 10.2 Å². The minimum Gasteiger partial charge on any atom is -0.494 e. The van der Waals surface area contributed by atoms with Gasteiger partial charge in [-0.25, -0.2) is 4.79 Å². The van der Waals surface area contributed by atoms with E-state index in [1.165, 1.54) is 0 Å². The van der Waals surface area contributed by atoms with Gasteiger partial charge < -0.3 is 20.3 Å². The molecule has 1 aliphatic heterocycles. The number of amides is 3. The highest BCUT2D eigenvalue weighted by molar-refractivity contribution is 5.94. The van der Waals surface area contributed by atoms with Gasteiger partial charge in [-0.2, -0.15) is 0 Å². The highest BCUT2D eigenvalue weighted by Crippen LogP contribution is 2.20. The van der Waals surface area contributed by atoms with Crippen molar-refractivity contribution in [3.05, 3.63) is 24.3 Å². The molecule has 1 aromatic rings. The van der Waals surface area contributed by atoms with Crippen LogP contribution < -0.4 is 15.4 Å². The molecule has 1 aliphatic rings. The SMILES string of the molecule is CCOc1ccc(NC(=O)N2CCCC2C(=O)NCC(C)C)cc1. The normalized spacial score (nSPS) is 17.0. The second kappa shape index (κ2) is 8.57. The molecule has 2 N–H and O–H groups in total. The van der Waals surface area contributed by atoms with Gasteiger partial charge in [0.25, 0.3) is 0 Å². The Morgan fingerprint density at radius 1 is 1.29 bits per heavy atom. The van der Waals surface area contributed by atoms with E-state index in [1.54, 1.807) is 17.0 Å². The molecule has 24 heavy (non-hydrogen) atoms. The van der Waals surface area contributed by atoms with Crippen LogP contribution in [0.2, 0.25) is 0 Å². The van der Waals surface area contributed by atoms with Gasteiger partial charge in [-0.3, -0.25) is 4.79 Å². The molecule has 1 saturated heterocycles. The number of hydrogen-bond donors (Lipinski definition) is 2. The first kappa shape index (κ1) is 18.1. The largest absolute Gasteiger partial charge is 0.494 e. The lowest BCUT2D eigenvalue weighted by Crippen LogP contribution is -2.48. The van der Waals surface area contributed by atoms with Crippen LogP contribution in [-0.2, 0) is 4.79 Å². The Bertz CT molecular complexity index is 557. The number of likely N-dealkylation sites (tertiary alicyclic amines) is 1. The van der Waals surface area contributed by atoms with Gasteiger partial charge in [0.2, 0.25) is 5.91 Å². The summed E-state index contributed by atoms with van der Waals surface area (Å²) in [6.45, 7) is 7.85. The summed E-state index contributed by atoms with van der Waals surface area (Å²) in [5.41, 5.74) is 0.691. The van der Waals surface area contributed by atoms with Crippen LogP contribution in [-0.4, -0.2) is 42.6 Å². The maximum Gasteiger partial charge on any atom is 0.322 e. The average molecular weight is 333 g/mol. The number of ether oxygens (including phenoxy) is 1. The van der Waals surface area contributed by atoms with Crippen LogP contribution in [0.3, 0.4) is 0 Å². The zero-order chi connectivity index (χ0) is 17.5. The highest BCUT2D eigenvalue weighted by atomic mass is 16.5. The van der Waals surface area contributed by atoms with Crippen molar-refractivity contribution < 1.29 is 14.3 Å². The zero-order valence-corrected chi connectivity index (χ0v) is 14.7. The number of nitrogens with zero attached hydrogens (tertiary/aromatic N) is 1. The third-order valence-corrected chi connectivity index (χ3v) is 3.92. The number of benzene rings is 1. The lowest BCUT2D eigenvalue weighted by atomic mass is 10.2. The lowest BCUT2D eigenvalue weighted by Gasteiger charge is -2.24. The molecule has 1 heterocycles. The Kier molecular flexibility index (Phi) is 6.46. The molecule has 6 nitrogen and oxygen atoms in total. The Balaban J connectivity index is 1.93. The number of carbonyl (C=O) groups is 2. The summed E-state index contributed by atoms with van der Waals surface area (Å²) in [6.07, 6.45) is 1.55. The van der Waals surface area contributed by atoms with Crippen molar-refractivity contribution in [2.75, 3.05) is 25.0 Å². The molecule has 6 heteroatoms. The maximum absolute atomic E-state index is 12.5. The topological polar surface area (TPSA) is 70.7 Å². The van der Waals surface area contributed by atoms with E-state index in [1.807, 2.05) is 32.9 Å². The molecule has 1 atom stereocenters. The summed E-state index contributed by atoms with van der Waals surface area (Å²) in [5, 5.41) is 5.77. The maximum atomic E-state index is 12.5. The fourth-order valence-electron chi connectivity index (χ4n) is 2.70. The molecule has 3 amide bonds. The van der Waals surface area contributed by atoms with Crippen LogP contribution in [0.4, 0.5) is 10.5 Å². The molecule has 0 aliphatic carbocycles. The zero-order valence-electron chi connectivity index (χ0n) is 14.7. The Morgan fingerprint density at radius 2 is 2.00 bits per heavy atom. The third-order valence-electron chi connectivity index (χ3n) is 3.92. The van der Waals surface area contributed by atoms with Gasteiger partial charge in [0.1, 0.15) is 11.8 Å². The molecular weight excluding hydrogens is 306 g/mol. The fraction of sp³-hybridized carbons (Fsp3) is 0.556. The summed E-state index contributed by atoms with van der Waals surface area (Å²) in [5.74, 6) is 1.09. The van der Waals surface area contributed by atoms with Gasteiger partial charge in [0.15, 0.2) is 0 Å². The summed E-state index contributed by atoms with van der Waals surface area (Å²) in [4.78, 5) is 26.4. The summed E-state index contributed by atoms with van der Waals surface area (Å²) in [7, 11) is 0. The van der Waals surface area contributed by atoms with E-state index in [0.29, 0.717) is 37.7 Å². The highest BCUT2D eigenvalue weighted by Gasteiger charge is 2.34. The fourth-order valence-corrected chi connectivity index (χ4v) is 2.70. The smallest absolute Gasteiger partial charge is 0.322 e. The number of rotatable bonds is 6. The Hall–Kier alpha value is -2.24. The van der Waals surface area contributed by atoms with Crippen LogP contribution in [0.25, 0.3) is 0 Å². The average Bonchev–Trinajstić information content (AvgIpc) is 3.04. The van der Waals surface area contributed by atoms with Crippen LogP contribution >= 0.6 is 0 Å². The van der Waals surface area contributed by atoms with E-state index in [4.69, 9.17) is 4.74 Å². The van der Waals surface area contributed by atoms with Crippen molar-refractivity contribution in [2.45, 2.75) is 39.7 Å². The van der Waals surface area contributed by atoms with Gasteiger partial charge in [-0.15, -0.1) is 0 Å². The molecule has 1 aromatic carbocycles. The standard InChI is InChI=1S/C18H27N3O3/c1-4-24-15-9-7-14(8-10-15)20-18(23)21-11-5-6-16(21)17(22)19-12-13(2)3/h7-10,13,16H,4-6,11-12H2,1-3H3,(H,19,22)(H,20,23). The van der Waals surface area contributed by atoms with Gasteiger partial charge in [0, 0.05) is 18.8 Å². The molecule has 0 aromatic heterocycles. The first-order chi connectivity index (χ1) is 11.5. The number of urea groups is 1. The number of nitrogens with one attached hydrogen (secondary N) is 2. The van der Waals surface area contributed by atoms with E-state index in [-0.39, 0.29) is 18.0 Å². The second-order valence-corrected chi connectivity index (χ2v) is 6.38. The molecule has 0 radical (unpaired) electrons. The Labute approximate surface area is 143 Å². The van der Waals surface area contributed by atoms with Gasteiger partial charge in [-0.1, -0.05) is 13.8 Å². The first-order valence-corrected chi connectivity index (χ1v) is 8.59. The molecule has 0 saturated carbocycles. The molecular formula is C18H27N3O3. The van der Waals surface area contributed by atoms with E-state index in [0.717, 1.165) is 12.2 Å². The summed E-state index contributed by atoms with van der Waals surface area (Å²) < 4.78 is 5.38. The first-order valence-electron chi connectivity index (χ1n) is 8.59. The summed E-state index contributed by atoms with van der Waals surface area (Å²) >= 11 is 0. The number of hydrogen-bond acceptors (Lipinski definition) is 3. The van der Waals surface area contributed by atoms with E-state index >= 15 is 0 Å². The van der Waals surface area contributed by atoms with Gasteiger partial charge >= 0.3 is 6.03 Å². The van der Waals surface area contributed by atoms with Crippen LogP contribution in [0.1, 0.15) is 33.6 Å². The molecule has 132 valence electrons. The van der Waals surface area contributed by atoms with Gasteiger partial charge in [0.05, 0.1) is 6.61 Å². The van der Waals surface area contributed by atoms with E-state index in [9.17, 15) is 9.59 Å². The van der Waals surface area contributed by atoms with Gasteiger partial charge in [-0.05, 0) is 49.9 Å². The monoisotopic (exact) mass is 333 g/mol. The van der Waals surface area contributed by atoms with Crippen LogP contribution in [0, 0.1) is 5.92 Å². The van der Waals surface area contributed by atoms with Crippen molar-refractivity contribution in [1.29, 1.82) is 0 Å². The summed E-state index contributed by atoms with van der Waals surface area (Å²) in [6, 6.07) is 6.61. The predicted molar refractivity (Wildman–Crippen MR) is 94.2 cm³/mol.